The van der Waals surface area contributed by atoms with Gasteiger partial charge in [-0.15, -0.1) is 0 Å². The molecule has 5 heterocycles. The summed E-state index contributed by atoms with van der Waals surface area (Å²) in [4.78, 5) is 29.7. The number of para-hydroxylation sites is 1. The van der Waals surface area contributed by atoms with Crippen LogP contribution in [0.25, 0.3) is 43.9 Å². The first kappa shape index (κ1) is 29.3. The molecule has 6 aromatic rings. The number of halogens is 2. The van der Waals surface area contributed by atoms with E-state index in [1.165, 1.54) is 18.2 Å². The van der Waals surface area contributed by atoms with Crippen LogP contribution in [0.3, 0.4) is 0 Å². The van der Waals surface area contributed by atoms with Gasteiger partial charge in [0, 0.05) is 47.6 Å². The summed E-state index contributed by atoms with van der Waals surface area (Å²) >= 11 is 0. The summed E-state index contributed by atoms with van der Waals surface area (Å²) < 4.78 is 41.8. The van der Waals surface area contributed by atoms with Gasteiger partial charge in [0.15, 0.2) is 0 Å². The Bertz CT molecular complexity index is 2250. The Morgan fingerprint density at radius 1 is 1.13 bits per heavy atom. The average molecular weight is 636 g/mol. The molecular formula is C36H31F2N5O4. The fourth-order valence-corrected chi connectivity index (χ4v) is 7.36. The molecule has 238 valence electrons. The first-order valence-corrected chi connectivity index (χ1v) is 15.7. The second-order valence-corrected chi connectivity index (χ2v) is 12.5. The van der Waals surface area contributed by atoms with Crippen LogP contribution in [0.4, 0.5) is 14.6 Å². The first-order valence-electron chi connectivity index (χ1n) is 15.7. The molecular weight excluding hydrogens is 604 g/mol. The van der Waals surface area contributed by atoms with Crippen LogP contribution in [-0.4, -0.2) is 56.4 Å². The molecule has 0 bridgehead atoms. The molecule has 0 saturated carbocycles. The van der Waals surface area contributed by atoms with Crippen molar-refractivity contribution >= 4 is 38.4 Å². The highest BCUT2D eigenvalue weighted by Crippen LogP contribution is 2.41. The van der Waals surface area contributed by atoms with E-state index in [9.17, 15) is 14.3 Å². The van der Waals surface area contributed by atoms with Crippen molar-refractivity contribution in [3.8, 4) is 23.1 Å². The van der Waals surface area contributed by atoms with Gasteiger partial charge in [0.1, 0.15) is 41.3 Å². The third-order valence-corrected chi connectivity index (χ3v) is 9.56. The maximum atomic E-state index is 15.2. The number of benzene rings is 3. The van der Waals surface area contributed by atoms with E-state index in [0.717, 1.165) is 35.9 Å². The van der Waals surface area contributed by atoms with Crippen LogP contribution >= 0.6 is 0 Å². The number of phenols is 1. The number of rotatable bonds is 7. The third-order valence-electron chi connectivity index (χ3n) is 9.56. The standard InChI is InChI=1S/C36H31F2N5O4/c1-20-31-30(34(45)47-32(20)26-15-24(44)14-21-6-4-8-27(38)29(21)26)33(40-17-22-10-12-39-28-9-3-2-7-25(22)28)42-35(41-31)46-19-36-11-5-13-43(36)18-23(37)16-36/h2-4,6-10,12,14-15,23,44H,5,11,13,16-19H2,1H3,(H,40,41,42)/t23-,36+/m1/s1. The smallest absolute Gasteiger partial charge is 0.349 e. The van der Waals surface area contributed by atoms with Gasteiger partial charge in [-0.1, -0.05) is 30.3 Å². The molecule has 2 atom stereocenters. The van der Waals surface area contributed by atoms with Gasteiger partial charge in [0.25, 0.3) is 0 Å². The molecule has 3 aromatic carbocycles. The van der Waals surface area contributed by atoms with Gasteiger partial charge in [-0.3, -0.25) is 9.88 Å². The number of aromatic nitrogens is 3. The van der Waals surface area contributed by atoms with E-state index in [1.54, 1.807) is 25.3 Å². The largest absolute Gasteiger partial charge is 0.508 e. The van der Waals surface area contributed by atoms with E-state index in [4.69, 9.17) is 14.1 Å². The SMILES string of the molecule is Cc1c(-c2cc(O)cc3cccc(F)c23)oc(=O)c2c(NCc3ccnc4ccccc34)nc(OC[C@@]34CCCN3C[C@H](F)C4)nc12. The van der Waals surface area contributed by atoms with Gasteiger partial charge in [-0.25, -0.2) is 13.6 Å². The Morgan fingerprint density at radius 2 is 2.00 bits per heavy atom. The van der Waals surface area contributed by atoms with Gasteiger partial charge in [-0.05, 0) is 67.6 Å². The van der Waals surface area contributed by atoms with Crippen molar-refractivity contribution in [2.45, 2.75) is 44.4 Å². The van der Waals surface area contributed by atoms with Gasteiger partial charge in [-0.2, -0.15) is 9.97 Å². The molecule has 2 aliphatic rings. The highest BCUT2D eigenvalue weighted by molar-refractivity contribution is 6.00. The van der Waals surface area contributed by atoms with Gasteiger partial charge >= 0.3 is 11.6 Å². The van der Waals surface area contributed by atoms with Crippen LogP contribution < -0.4 is 15.7 Å². The Morgan fingerprint density at radius 3 is 2.89 bits per heavy atom. The zero-order chi connectivity index (χ0) is 32.3. The summed E-state index contributed by atoms with van der Waals surface area (Å²) in [7, 11) is 0. The fraction of sp³-hybridized carbons (Fsp3) is 0.278. The predicted molar refractivity (Wildman–Crippen MR) is 175 cm³/mol. The summed E-state index contributed by atoms with van der Waals surface area (Å²) in [6, 6.07) is 17.0. The lowest BCUT2D eigenvalue weighted by Gasteiger charge is -2.30. The summed E-state index contributed by atoms with van der Waals surface area (Å²) in [5.74, 6) is -0.360. The number of pyridine rings is 1. The number of ether oxygens (including phenoxy) is 1. The van der Waals surface area contributed by atoms with Crippen molar-refractivity contribution in [1.82, 2.24) is 19.9 Å². The Kier molecular flexibility index (Phi) is 7.02. The highest BCUT2D eigenvalue weighted by Gasteiger charge is 2.49. The number of phenolic OH excluding ortho intramolecular Hbond substituents is 1. The molecule has 3 aromatic heterocycles. The predicted octanol–water partition coefficient (Wildman–Crippen LogP) is 6.67. The van der Waals surface area contributed by atoms with Crippen molar-refractivity contribution in [3.05, 3.63) is 94.2 Å². The van der Waals surface area contributed by atoms with E-state index in [1.807, 2.05) is 30.3 Å². The van der Waals surface area contributed by atoms with Crippen molar-refractivity contribution in [3.63, 3.8) is 0 Å². The first-order chi connectivity index (χ1) is 22.8. The van der Waals surface area contributed by atoms with Crippen LogP contribution in [0.15, 0.2) is 76.1 Å². The van der Waals surface area contributed by atoms with Crippen molar-refractivity contribution < 1.29 is 23.0 Å². The molecule has 2 N–H and O–H groups in total. The lowest BCUT2D eigenvalue weighted by atomic mass is 9.95. The molecule has 0 aliphatic carbocycles. The molecule has 0 radical (unpaired) electrons. The summed E-state index contributed by atoms with van der Waals surface area (Å²) in [6.45, 7) is 3.41. The fourth-order valence-electron chi connectivity index (χ4n) is 7.36. The monoisotopic (exact) mass is 635 g/mol. The quantitative estimate of drug-likeness (QED) is 0.199. The molecule has 9 nitrogen and oxygen atoms in total. The molecule has 0 spiro atoms. The van der Waals surface area contributed by atoms with Crippen LogP contribution in [0.1, 0.15) is 30.4 Å². The maximum absolute atomic E-state index is 15.2. The van der Waals surface area contributed by atoms with E-state index >= 15 is 4.39 Å². The zero-order valence-corrected chi connectivity index (χ0v) is 25.6. The van der Waals surface area contributed by atoms with Crippen LogP contribution in [-0.2, 0) is 6.54 Å². The van der Waals surface area contributed by atoms with Gasteiger partial charge in [0.2, 0.25) is 0 Å². The minimum atomic E-state index is -0.921. The number of fused-ring (bicyclic) bond motifs is 4. The number of hydrogen-bond acceptors (Lipinski definition) is 9. The summed E-state index contributed by atoms with van der Waals surface area (Å²) in [6.07, 6.45) is 2.95. The second-order valence-electron chi connectivity index (χ2n) is 12.5. The van der Waals surface area contributed by atoms with Crippen molar-refractivity contribution in [2.75, 3.05) is 25.0 Å². The Hall–Kier alpha value is -5.16. The van der Waals surface area contributed by atoms with Crippen molar-refractivity contribution in [2.24, 2.45) is 0 Å². The lowest BCUT2D eigenvalue weighted by Crippen LogP contribution is -2.43. The Labute approximate surface area is 267 Å². The van der Waals surface area contributed by atoms with Crippen LogP contribution in [0, 0.1) is 12.7 Å². The van der Waals surface area contributed by atoms with Crippen LogP contribution in [0.2, 0.25) is 0 Å². The topological polar surface area (TPSA) is 114 Å². The second kappa shape index (κ2) is 11.3. The molecule has 0 unspecified atom stereocenters. The van der Waals surface area contributed by atoms with Gasteiger partial charge < -0.3 is 19.6 Å². The van der Waals surface area contributed by atoms with Gasteiger partial charge in [0.05, 0.1) is 16.6 Å². The maximum Gasteiger partial charge on any atom is 0.349 e. The normalized spacial score (nSPS) is 19.5. The van der Waals surface area contributed by atoms with E-state index in [2.05, 4.69) is 20.2 Å². The highest BCUT2D eigenvalue weighted by atomic mass is 19.1. The van der Waals surface area contributed by atoms with E-state index in [-0.39, 0.29) is 51.8 Å². The summed E-state index contributed by atoms with van der Waals surface area (Å²) in [5.41, 5.74) is 1.50. The van der Waals surface area contributed by atoms with Crippen molar-refractivity contribution in [1.29, 1.82) is 0 Å². The molecule has 11 heteroatoms. The van der Waals surface area contributed by atoms with Crippen LogP contribution in [0.5, 0.6) is 11.8 Å². The Balaban J connectivity index is 1.26. The molecule has 2 fully saturated rings. The number of alkyl halides is 1. The summed E-state index contributed by atoms with van der Waals surface area (Å²) in [5, 5.41) is 15.5. The average Bonchev–Trinajstić information content (AvgIpc) is 3.59. The zero-order valence-electron chi connectivity index (χ0n) is 25.6. The minimum absolute atomic E-state index is 0.0229. The number of nitrogens with zero attached hydrogens (tertiary/aromatic N) is 4. The molecule has 2 saturated heterocycles. The molecule has 8 rings (SSSR count). The molecule has 2 aliphatic heterocycles. The third kappa shape index (κ3) is 5.01. The number of aryl methyl sites for hydroxylation is 1. The number of aromatic hydroxyl groups is 1. The van der Waals surface area contributed by atoms with E-state index < -0.39 is 23.2 Å². The molecule has 0 amide bonds. The molecule has 47 heavy (non-hydrogen) atoms. The number of anilines is 1. The minimum Gasteiger partial charge on any atom is -0.508 e. The van der Waals surface area contributed by atoms with E-state index in [0.29, 0.717) is 30.5 Å². The lowest BCUT2D eigenvalue weighted by molar-refractivity contribution is 0.107. The number of hydrogen-bond donors (Lipinski definition) is 2. The number of nitrogens with one attached hydrogen (secondary N) is 1.